The number of furan rings is 2. The van der Waals surface area contributed by atoms with E-state index in [1.807, 2.05) is 36.4 Å². The monoisotopic (exact) mass is 665 g/mol. The second-order valence-electron chi connectivity index (χ2n) is 13.2. The van der Waals surface area contributed by atoms with Crippen molar-refractivity contribution < 1.29 is 8.83 Å². The van der Waals surface area contributed by atoms with Crippen molar-refractivity contribution in [1.29, 1.82) is 0 Å². The van der Waals surface area contributed by atoms with Crippen LogP contribution in [0.2, 0.25) is 0 Å². The molecule has 8 aromatic carbocycles. The third kappa shape index (κ3) is 4.53. The number of para-hydroxylation sites is 2. The second-order valence-corrected chi connectivity index (χ2v) is 13.2. The summed E-state index contributed by atoms with van der Waals surface area (Å²) >= 11 is 0. The summed E-state index contributed by atoms with van der Waals surface area (Å²) < 4.78 is 12.9. The highest BCUT2D eigenvalue weighted by Crippen LogP contribution is 2.41. The lowest BCUT2D eigenvalue weighted by atomic mass is 9.99. The van der Waals surface area contributed by atoms with E-state index in [1.54, 1.807) is 0 Å². The third-order valence-corrected chi connectivity index (χ3v) is 10.1. The van der Waals surface area contributed by atoms with E-state index in [-0.39, 0.29) is 0 Å². The van der Waals surface area contributed by atoms with Crippen LogP contribution in [-0.2, 0) is 0 Å². The molecule has 0 bridgehead atoms. The van der Waals surface area contributed by atoms with Crippen LogP contribution in [0.15, 0.2) is 173 Å². The van der Waals surface area contributed by atoms with Crippen molar-refractivity contribution in [3.8, 4) is 45.3 Å². The summed E-state index contributed by atoms with van der Waals surface area (Å²) in [6.07, 6.45) is 0. The summed E-state index contributed by atoms with van der Waals surface area (Å²) in [5, 5.41) is 8.73. The molecule has 3 heterocycles. The van der Waals surface area contributed by atoms with Crippen LogP contribution in [0.5, 0.6) is 0 Å². The number of benzene rings is 8. The Morgan fingerprint density at radius 2 is 0.885 bits per heavy atom. The van der Waals surface area contributed by atoms with Gasteiger partial charge in [0.2, 0.25) is 0 Å². The van der Waals surface area contributed by atoms with Gasteiger partial charge in [-0.05, 0) is 63.5 Å². The number of hydrogen-bond acceptors (Lipinski definition) is 5. The predicted octanol–water partition coefficient (Wildman–Crippen LogP) is 12.6. The fraction of sp³-hybridized carbons (Fsp3) is 0. The van der Waals surface area contributed by atoms with Crippen molar-refractivity contribution >= 4 is 65.4 Å². The van der Waals surface area contributed by atoms with E-state index in [2.05, 4.69) is 127 Å². The maximum Gasteiger partial charge on any atom is 0.164 e. The van der Waals surface area contributed by atoms with Crippen LogP contribution in [0.3, 0.4) is 0 Å². The molecule has 52 heavy (non-hydrogen) atoms. The molecular weight excluding hydrogens is 639 g/mol. The summed E-state index contributed by atoms with van der Waals surface area (Å²) in [7, 11) is 0. The fourth-order valence-corrected chi connectivity index (χ4v) is 7.57. The van der Waals surface area contributed by atoms with Crippen molar-refractivity contribution in [2.75, 3.05) is 0 Å². The van der Waals surface area contributed by atoms with E-state index in [4.69, 9.17) is 23.8 Å². The second kappa shape index (κ2) is 11.2. The molecule has 0 saturated heterocycles. The summed E-state index contributed by atoms with van der Waals surface area (Å²) in [6.45, 7) is 0. The van der Waals surface area contributed by atoms with Crippen molar-refractivity contribution in [3.05, 3.63) is 164 Å². The predicted molar refractivity (Wildman–Crippen MR) is 211 cm³/mol. The van der Waals surface area contributed by atoms with Gasteiger partial charge in [0.05, 0.1) is 0 Å². The number of rotatable bonds is 4. The highest BCUT2D eigenvalue weighted by molar-refractivity contribution is 6.14. The van der Waals surface area contributed by atoms with Crippen LogP contribution in [0.25, 0.3) is 111 Å². The van der Waals surface area contributed by atoms with E-state index < -0.39 is 0 Å². The Kier molecular flexibility index (Phi) is 6.18. The van der Waals surface area contributed by atoms with Gasteiger partial charge in [0, 0.05) is 43.8 Å². The van der Waals surface area contributed by atoms with Crippen LogP contribution in [0.1, 0.15) is 0 Å². The molecule has 5 nitrogen and oxygen atoms in total. The van der Waals surface area contributed by atoms with Crippen molar-refractivity contribution in [1.82, 2.24) is 15.0 Å². The van der Waals surface area contributed by atoms with Crippen molar-refractivity contribution in [2.24, 2.45) is 0 Å². The molecule has 0 aliphatic rings. The zero-order valence-corrected chi connectivity index (χ0v) is 27.7. The van der Waals surface area contributed by atoms with Crippen molar-refractivity contribution in [3.63, 3.8) is 0 Å². The number of nitrogens with zero attached hydrogens (tertiary/aromatic N) is 3. The molecule has 0 saturated carbocycles. The van der Waals surface area contributed by atoms with Gasteiger partial charge in [-0.25, -0.2) is 15.0 Å². The number of aromatic nitrogens is 3. The third-order valence-electron chi connectivity index (χ3n) is 10.1. The average Bonchev–Trinajstić information content (AvgIpc) is 3.78. The highest BCUT2D eigenvalue weighted by atomic mass is 16.3. The highest BCUT2D eigenvalue weighted by Gasteiger charge is 2.20. The molecule has 0 N–H and O–H groups in total. The fourth-order valence-electron chi connectivity index (χ4n) is 7.57. The molecule has 0 atom stereocenters. The standard InChI is InChI=1S/C47H27N3O2/c1-3-11-30-25-33(21-19-28(30)9-1)45-48-46(34-22-20-29-10-2-4-12-31(29)26-34)50-47(49-45)38-16-8-18-42-43(38)39-27-32(23-24-41(39)51-42)35-14-7-15-37-36-13-5-6-17-40(36)52-44(35)37/h1-27H. The van der Waals surface area contributed by atoms with Crippen LogP contribution in [-0.4, -0.2) is 15.0 Å². The quantitative estimate of drug-likeness (QED) is 0.187. The molecule has 11 rings (SSSR count). The Hall–Kier alpha value is -7.11. The number of fused-ring (bicyclic) bond motifs is 8. The Morgan fingerprint density at radius 3 is 1.63 bits per heavy atom. The first-order valence-corrected chi connectivity index (χ1v) is 17.3. The molecule has 0 unspecified atom stereocenters. The lowest BCUT2D eigenvalue weighted by Crippen LogP contribution is -2.00. The summed E-state index contributed by atoms with van der Waals surface area (Å²) in [5.41, 5.74) is 8.10. The van der Waals surface area contributed by atoms with Gasteiger partial charge >= 0.3 is 0 Å². The van der Waals surface area contributed by atoms with Gasteiger partial charge in [-0.2, -0.15) is 0 Å². The lowest BCUT2D eigenvalue weighted by molar-refractivity contribution is 0.668. The minimum Gasteiger partial charge on any atom is -0.456 e. The zero-order valence-electron chi connectivity index (χ0n) is 27.7. The van der Waals surface area contributed by atoms with E-state index in [0.29, 0.717) is 17.5 Å². The molecule has 0 aliphatic heterocycles. The average molecular weight is 666 g/mol. The molecule has 242 valence electrons. The molecule has 0 amide bonds. The normalized spacial score (nSPS) is 11.8. The van der Waals surface area contributed by atoms with Crippen LogP contribution >= 0.6 is 0 Å². The van der Waals surface area contributed by atoms with Crippen LogP contribution in [0.4, 0.5) is 0 Å². The molecule has 5 heteroatoms. The topological polar surface area (TPSA) is 65.0 Å². The largest absolute Gasteiger partial charge is 0.456 e. The molecule has 11 aromatic rings. The SMILES string of the molecule is c1ccc2cc(-c3nc(-c4ccc5ccccc5c4)nc(-c4cccc5oc6ccc(-c7cccc8c7oc7ccccc78)cc6c45)n3)ccc2c1. The Bertz CT molecular complexity index is 3110. The molecule has 0 fully saturated rings. The van der Waals surface area contributed by atoms with Gasteiger partial charge in [-0.1, -0.05) is 127 Å². The van der Waals surface area contributed by atoms with Gasteiger partial charge in [0.25, 0.3) is 0 Å². The van der Waals surface area contributed by atoms with Gasteiger partial charge in [-0.15, -0.1) is 0 Å². The molecular formula is C47H27N3O2. The summed E-state index contributed by atoms with van der Waals surface area (Å²) in [6, 6.07) is 56.4. The molecule has 0 spiro atoms. The molecule has 3 aromatic heterocycles. The smallest absolute Gasteiger partial charge is 0.164 e. The summed E-state index contributed by atoms with van der Waals surface area (Å²) in [4.78, 5) is 15.4. The Balaban J connectivity index is 1.14. The van der Waals surface area contributed by atoms with Gasteiger partial charge in [-0.3, -0.25) is 0 Å². The summed E-state index contributed by atoms with van der Waals surface area (Å²) in [5.74, 6) is 1.81. The molecule has 0 aliphatic carbocycles. The van der Waals surface area contributed by atoms with Gasteiger partial charge < -0.3 is 8.83 Å². The maximum atomic E-state index is 6.47. The Morgan fingerprint density at radius 1 is 0.327 bits per heavy atom. The van der Waals surface area contributed by atoms with E-state index in [0.717, 1.165) is 82.5 Å². The van der Waals surface area contributed by atoms with E-state index in [9.17, 15) is 0 Å². The maximum absolute atomic E-state index is 6.47. The van der Waals surface area contributed by atoms with E-state index in [1.165, 1.54) is 10.8 Å². The van der Waals surface area contributed by atoms with Crippen LogP contribution in [0, 0.1) is 0 Å². The van der Waals surface area contributed by atoms with E-state index >= 15 is 0 Å². The zero-order chi connectivity index (χ0) is 34.2. The molecule has 0 radical (unpaired) electrons. The first-order valence-electron chi connectivity index (χ1n) is 17.3. The van der Waals surface area contributed by atoms with Gasteiger partial charge in [0.1, 0.15) is 22.3 Å². The first kappa shape index (κ1) is 28.7. The number of hydrogen-bond donors (Lipinski definition) is 0. The van der Waals surface area contributed by atoms with Crippen molar-refractivity contribution in [2.45, 2.75) is 0 Å². The minimum atomic E-state index is 0.583. The minimum absolute atomic E-state index is 0.583. The lowest BCUT2D eigenvalue weighted by Gasteiger charge is -2.10. The van der Waals surface area contributed by atoms with Gasteiger partial charge in [0.15, 0.2) is 17.5 Å². The first-order chi connectivity index (χ1) is 25.7. The Labute approximate surface area is 297 Å². The van der Waals surface area contributed by atoms with Crippen LogP contribution < -0.4 is 0 Å².